The Morgan fingerprint density at radius 2 is 2.00 bits per heavy atom. The molecule has 0 aromatic heterocycles. The maximum Gasteiger partial charge on any atom is 0.339 e. The number of anilines is 1. The molecule has 1 amide bonds. The molecule has 18 heavy (non-hydrogen) atoms. The highest BCUT2D eigenvalue weighted by atomic mass is 16.5. The van der Waals surface area contributed by atoms with Crippen molar-refractivity contribution in [3.63, 3.8) is 0 Å². The maximum atomic E-state index is 11.6. The number of hydrogen-bond acceptors (Lipinski definition) is 4. The number of ether oxygens (including phenoxy) is 1. The van der Waals surface area contributed by atoms with Crippen molar-refractivity contribution >= 4 is 17.6 Å². The van der Waals surface area contributed by atoms with Gasteiger partial charge in [0.15, 0.2) is 0 Å². The van der Waals surface area contributed by atoms with E-state index in [0.717, 1.165) is 5.56 Å². The van der Waals surface area contributed by atoms with Crippen molar-refractivity contribution in [3.05, 3.63) is 28.8 Å². The van der Waals surface area contributed by atoms with E-state index in [1.54, 1.807) is 19.9 Å². The molecule has 0 bridgehead atoms. The molecule has 0 fully saturated rings. The quantitative estimate of drug-likeness (QED) is 0.803. The number of carbonyl (C=O) groups excluding carboxylic acids is 2. The third kappa shape index (κ3) is 3.07. The molecule has 1 aromatic carbocycles. The van der Waals surface area contributed by atoms with Gasteiger partial charge in [-0.2, -0.15) is 0 Å². The number of aliphatic hydroxyl groups excluding tert-OH is 1. The van der Waals surface area contributed by atoms with Crippen molar-refractivity contribution in [2.75, 3.05) is 12.4 Å². The first-order valence-corrected chi connectivity index (χ1v) is 5.55. The normalized spacial score (nSPS) is 11.8. The number of esters is 1. The van der Waals surface area contributed by atoms with Crippen LogP contribution >= 0.6 is 0 Å². The number of benzene rings is 1. The Morgan fingerprint density at radius 3 is 2.44 bits per heavy atom. The summed E-state index contributed by atoms with van der Waals surface area (Å²) in [5, 5.41) is 12.2. The van der Waals surface area contributed by atoms with E-state index < -0.39 is 12.1 Å². The van der Waals surface area contributed by atoms with E-state index in [1.165, 1.54) is 20.1 Å². The van der Waals surface area contributed by atoms with Gasteiger partial charge in [-0.1, -0.05) is 0 Å². The van der Waals surface area contributed by atoms with Gasteiger partial charge in [0.2, 0.25) is 5.91 Å². The van der Waals surface area contributed by atoms with Gasteiger partial charge in [-0.25, -0.2) is 4.79 Å². The van der Waals surface area contributed by atoms with Crippen molar-refractivity contribution in [3.8, 4) is 0 Å². The lowest BCUT2D eigenvalue weighted by molar-refractivity contribution is -0.114. The third-order valence-electron chi connectivity index (χ3n) is 2.57. The number of rotatable bonds is 3. The highest BCUT2D eigenvalue weighted by Crippen LogP contribution is 2.26. The Labute approximate surface area is 106 Å². The molecule has 1 rings (SSSR count). The van der Waals surface area contributed by atoms with E-state index in [1.807, 2.05) is 0 Å². The number of amides is 1. The van der Waals surface area contributed by atoms with Crippen LogP contribution in [0.3, 0.4) is 0 Å². The first-order valence-electron chi connectivity index (χ1n) is 5.55. The molecule has 1 aromatic rings. The molecule has 0 heterocycles. The molecular weight excluding hydrogens is 234 g/mol. The van der Waals surface area contributed by atoms with Crippen LogP contribution in [0, 0.1) is 6.92 Å². The van der Waals surface area contributed by atoms with Gasteiger partial charge in [0.25, 0.3) is 0 Å². The summed E-state index contributed by atoms with van der Waals surface area (Å²) in [5.41, 5.74) is 2.04. The van der Waals surface area contributed by atoms with Gasteiger partial charge in [-0.15, -0.1) is 0 Å². The van der Waals surface area contributed by atoms with Crippen LogP contribution in [0.1, 0.15) is 41.4 Å². The predicted octanol–water partition coefficient (Wildman–Crippen LogP) is 1.79. The predicted molar refractivity (Wildman–Crippen MR) is 67.5 cm³/mol. The second-order valence-corrected chi connectivity index (χ2v) is 4.10. The van der Waals surface area contributed by atoms with Crippen LogP contribution in [-0.4, -0.2) is 24.1 Å². The first-order chi connectivity index (χ1) is 8.36. The van der Waals surface area contributed by atoms with E-state index in [0.29, 0.717) is 11.3 Å². The summed E-state index contributed by atoms with van der Waals surface area (Å²) in [7, 11) is 1.27. The monoisotopic (exact) mass is 251 g/mol. The highest BCUT2D eigenvalue weighted by molar-refractivity contribution is 6.01. The lowest BCUT2D eigenvalue weighted by Crippen LogP contribution is -2.13. The number of aliphatic hydroxyl groups is 1. The summed E-state index contributed by atoms with van der Waals surface area (Å²) in [6.07, 6.45) is -0.695. The van der Waals surface area contributed by atoms with Crippen molar-refractivity contribution < 1.29 is 19.4 Å². The minimum absolute atomic E-state index is 0.231. The zero-order chi connectivity index (χ0) is 13.9. The van der Waals surface area contributed by atoms with Crippen LogP contribution < -0.4 is 5.32 Å². The molecular formula is C13H17NO4. The molecule has 98 valence electrons. The summed E-state index contributed by atoms with van der Waals surface area (Å²) < 4.78 is 4.66. The molecule has 0 aliphatic carbocycles. The molecule has 0 aliphatic rings. The highest BCUT2D eigenvalue weighted by Gasteiger charge is 2.17. The van der Waals surface area contributed by atoms with Gasteiger partial charge < -0.3 is 15.2 Å². The van der Waals surface area contributed by atoms with E-state index in [9.17, 15) is 14.7 Å². The molecule has 0 aliphatic heterocycles. The maximum absolute atomic E-state index is 11.6. The molecule has 0 radical (unpaired) electrons. The lowest BCUT2D eigenvalue weighted by atomic mass is 9.99. The summed E-state index contributed by atoms with van der Waals surface area (Å²) in [5.74, 6) is -0.829. The Morgan fingerprint density at radius 1 is 1.39 bits per heavy atom. The number of hydrogen-bond donors (Lipinski definition) is 2. The molecule has 1 unspecified atom stereocenters. The fourth-order valence-corrected chi connectivity index (χ4v) is 1.75. The molecule has 2 N–H and O–H groups in total. The molecule has 0 saturated carbocycles. The number of methoxy groups -OCH3 is 1. The fourth-order valence-electron chi connectivity index (χ4n) is 1.75. The van der Waals surface area contributed by atoms with Gasteiger partial charge in [0, 0.05) is 6.92 Å². The average Bonchev–Trinajstić information content (AvgIpc) is 2.27. The number of aryl methyl sites for hydroxylation is 1. The Hall–Kier alpha value is -1.88. The van der Waals surface area contributed by atoms with Crippen molar-refractivity contribution in [2.45, 2.75) is 26.9 Å². The number of nitrogens with one attached hydrogen (secondary N) is 1. The van der Waals surface area contributed by atoms with Gasteiger partial charge in [0.1, 0.15) is 0 Å². The molecule has 0 spiro atoms. The summed E-state index contributed by atoms with van der Waals surface area (Å²) in [6.45, 7) is 4.77. The van der Waals surface area contributed by atoms with Crippen LogP contribution in [0.15, 0.2) is 12.1 Å². The van der Waals surface area contributed by atoms with Gasteiger partial charge in [0.05, 0.1) is 24.5 Å². The Kier molecular flexibility index (Phi) is 4.44. The Balaban J connectivity index is 3.36. The third-order valence-corrected chi connectivity index (χ3v) is 2.57. The van der Waals surface area contributed by atoms with Crippen LogP contribution in [0.5, 0.6) is 0 Å². The fraction of sp³-hybridized carbons (Fsp3) is 0.385. The standard InChI is InChI=1S/C13H17NO4/c1-7-5-12(14-9(3)16)11(13(17)18-4)6-10(7)8(2)15/h5-6,8,15H,1-4H3,(H,14,16). The second kappa shape index (κ2) is 5.64. The van der Waals surface area contributed by atoms with Gasteiger partial charge in [-0.3, -0.25) is 4.79 Å². The van der Waals surface area contributed by atoms with Crippen molar-refractivity contribution in [1.29, 1.82) is 0 Å². The van der Waals surface area contributed by atoms with E-state index in [4.69, 9.17) is 0 Å². The summed E-state index contributed by atoms with van der Waals surface area (Å²) in [4.78, 5) is 22.7. The van der Waals surface area contributed by atoms with Crippen LogP contribution in [-0.2, 0) is 9.53 Å². The lowest BCUT2D eigenvalue weighted by Gasteiger charge is -2.15. The topological polar surface area (TPSA) is 75.6 Å². The SMILES string of the molecule is COC(=O)c1cc(C(C)O)c(C)cc1NC(C)=O. The summed E-state index contributed by atoms with van der Waals surface area (Å²) >= 11 is 0. The smallest absolute Gasteiger partial charge is 0.339 e. The zero-order valence-corrected chi connectivity index (χ0v) is 10.9. The van der Waals surface area contributed by atoms with Gasteiger partial charge in [-0.05, 0) is 37.1 Å². The molecule has 5 nitrogen and oxygen atoms in total. The first kappa shape index (κ1) is 14.2. The van der Waals surface area contributed by atoms with Crippen molar-refractivity contribution in [2.24, 2.45) is 0 Å². The van der Waals surface area contributed by atoms with Gasteiger partial charge >= 0.3 is 5.97 Å². The molecule has 5 heteroatoms. The molecule has 1 atom stereocenters. The van der Waals surface area contributed by atoms with Crippen LogP contribution in [0.25, 0.3) is 0 Å². The largest absolute Gasteiger partial charge is 0.465 e. The van der Waals surface area contributed by atoms with E-state index in [2.05, 4.69) is 10.1 Å². The summed E-state index contributed by atoms with van der Waals surface area (Å²) in [6, 6.07) is 3.19. The number of carbonyl (C=O) groups is 2. The van der Waals surface area contributed by atoms with E-state index in [-0.39, 0.29) is 11.5 Å². The van der Waals surface area contributed by atoms with E-state index >= 15 is 0 Å². The Bertz CT molecular complexity index is 480. The van der Waals surface area contributed by atoms with Crippen LogP contribution in [0.2, 0.25) is 0 Å². The minimum atomic E-state index is -0.695. The van der Waals surface area contributed by atoms with Crippen molar-refractivity contribution in [1.82, 2.24) is 0 Å². The second-order valence-electron chi connectivity index (χ2n) is 4.10. The minimum Gasteiger partial charge on any atom is -0.465 e. The average molecular weight is 251 g/mol. The molecule has 0 saturated heterocycles. The van der Waals surface area contributed by atoms with Crippen LogP contribution in [0.4, 0.5) is 5.69 Å². The zero-order valence-electron chi connectivity index (χ0n) is 10.9.